The maximum atomic E-state index is 11.8. The van der Waals surface area contributed by atoms with Gasteiger partial charge in [-0.05, 0) is 38.5 Å². The summed E-state index contributed by atoms with van der Waals surface area (Å²) in [6, 6.07) is 0.600. The van der Waals surface area contributed by atoms with Crippen molar-refractivity contribution in [1.82, 2.24) is 9.27 Å². The normalized spacial score (nSPS) is 16.9. The van der Waals surface area contributed by atoms with E-state index in [2.05, 4.69) is 28.3 Å². The molecule has 1 fully saturated rings. The van der Waals surface area contributed by atoms with E-state index in [1.54, 1.807) is 0 Å². The zero-order valence-electron chi connectivity index (χ0n) is 11.5. The minimum atomic E-state index is -0.406. The lowest BCUT2D eigenvalue weighted by Crippen LogP contribution is -2.42. The molecular formula is C12H20N4O2S. The maximum Gasteiger partial charge on any atom is 0.344 e. The maximum absolute atomic E-state index is 11.8. The van der Waals surface area contributed by atoms with Gasteiger partial charge in [0.15, 0.2) is 5.82 Å². The molecule has 106 valence electrons. The van der Waals surface area contributed by atoms with Gasteiger partial charge in [-0.3, -0.25) is 0 Å². The van der Waals surface area contributed by atoms with Gasteiger partial charge in [-0.2, -0.15) is 4.37 Å². The van der Waals surface area contributed by atoms with Crippen molar-refractivity contribution in [3.63, 3.8) is 0 Å². The summed E-state index contributed by atoms with van der Waals surface area (Å²) in [5.41, 5.74) is 6.18. The molecule has 1 aliphatic rings. The number of nitrogens with zero attached hydrogens (tertiary/aromatic N) is 3. The summed E-state index contributed by atoms with van der Waals surface area (Å²) in [5.74, 6) is -0.141. The first-order valence-electron chi connectivity index (χ1n) is 6.29. The third kappa shape index (κ3) is 2.82. The lowest BCUT2D eigenvalue weighted by molar-refractivity contribution is 0.0603. The van der Waals surface area contributed by atoms with Crippen LogP contribution in [0.2, 0.25) is 0 Å². The first-order chi connectivity index (χ1) is 9.04. The third-order valence-electron chi connectivity index (χ3n) is 3.57. The van der Waals surface area contributed by atoms with Crippen molar-refractivity contribution in [1.29, 1.82) is 0 Å². The highest BCUT2D eigenvalue weighted by atomic mass is 32.1. The van der Waals surface area contributed by atoms with Gasteiger partial charge in [-0.15, -0.1) is 0 Å². The molecule has 1 saturated heterocycles. The van der Waals surface area contributed by atoms with Crippen molar-refractivity contribution in [2.75, 3.05) is 44.9 Å². The second kappa shape index (κ2) is 5.75. The Hall–Kier alpha value is -1.34. The molecule has 7 heteroatoms. The van der Waals surface area contributed by atoms with Gasteiger partial charge in [0.1, 0.15) is 10.6 Å². The Labute approximate surface area is 117 Å². The zero-order chi connectivity index (χ0) is 14.0. The Morgan fingerprint density at radius 2 is 2.11 bits per heavy atom. The van der Waals surface area contributed by atoms with Crippen LogP contribution in [0, 0.1) is 0 Å². The average Bonchev–Trinajstić information content (AvgIpc) is 2.80. The second-order valence-corrected chi connectivity index (χ2v) is 5.67. The van der Waals surface area contributed by atoms with E-state index < -0.39 is 5.97 Å². The van der Waals surface area contributed by atoms with Crippen LogP contribution in [0.15, 0.2) is 0 Å². The molecule has 0 atom stereocenters. The predicted molar refractivity (Wildman–Crippen MR) is 76.8 cm³/mol. The fraction of sp³-hybridized carbons (Fsp3) is 0.667. The molecule has 2 N–H and O–H groups in total. The van der Waals surface area contributed by atoms with Gasteiger partial charge in [-0.25, -0.2) is 4.79 Å². The molecular weight excluding hydrogens is 264 g/mol. The first-order valence-corrected chi connectivity index (χ1v) is 7.06. The summed E-state index contributed by atoms with van der Waals surface area (Å²) in [5, 5.41) is 0.835. The summed E-state index contributed by atoms with van der Waals surface area (Å²) in [4.78, 5) is 16.2. The van der Waals surface area contributed by atoms with Crippen molar-refractivity contribution in [3.8, 4) is 0 Å². The third-order valence-corrected chi connectivity index (χ3v) is 4.50. The Kier molecular flexibility index (Phi) is 4.26. The molecule has 0 aromatic carbocycles. The number of esters is 1. The van der Waals surface area contributed by atoms with Gasteiger partial charge in [0.05, 0.1) is 7.11 Å². The molecule has 1 aromatic heterocycles. The number of rotatable bonds is 3. The minimum Gasteiger partial charge on any atom is -0.465 e. The van der Waals surface area contributed by atoms with Crippen LogP contribution < -0.4 is 10.6 Å². The average molecular weight is 284 g/mol. The Morgan fingerprint density at radius 1 is 1.47 bits per heavy atom. The smallest absolute Gasteiger partial charge is 0.344 e. The van der Waals surface area contributed by atoms with Gasteiger partial charge in [0.25, 0.3) is 0 Å². The van der Waals surface area contributed by atoms with Gasteiger partial charge in [0, 0.05) is 19.1 Å². The molecule has 0 unspecified atom stereocenters. The SMILES string of the molecule is COC(=O)c1c(N)nsc1N1CCC(N(C)C)CC1. The lowest BCUT2D eigenvalue weighted by atomic mass is 10.0. The van der Waals surface area contributed by atoms with Gasteiger partial charge < -0.3 is 20.3 Å². The van der Waals surface area contributed by atoms with Crippen LogP contribution in [0.3, 0.4) is 0 Å². The van der Waals surface area contributed by atoms with Crippen LogP contribution >= 0.6 is 11.5 Å². The highest BCUT2D eigenvalue weighted by molar-refractivity contribution is 7.11. The molecule has 2 rings (SSSR count). The molecule has 19 heavy (non-hydrogen) atoms. The summed E-state index contributed by atoms with van der Waals surface area (Å²) >= 11 is 1.27. The van der Waals surface area contributed by atoms with E-state index in [9.17, 15) is 4.79 Å². The van der Waals surface area contributed by atoms with Crippen LogP contribution in [0.25, 0.3) is 0 Å². The van der Waals surface area contributed by atoms with E-state index >= 15 is 0 Å². The van der Waals surface area contributed by atoms with Crippen LogP contribution in [-0.4, -0.2) is 55.6 Å². The number of anilines is 2. The number of nitrogens with two attached hydrogens (primary N) is 1. The summed E-state index contributed by atoms with van der Waals surface area (Å²) in [6.07, 6.45) is 2.15. The minimum absolute atomic E-state index is 0.265. The number of hydrogen-bond acceptors (Lipinski definition) is 7. The fourth-order valence-electron chi connectivity index (χ4n) is 2.39. The van der Waals surface area contributed by atoms with E-state index in [-0.39, 0.29) is 5.82 Å². The number of nitrogen functional groups attached to an aromatic ring is 1. The van der Waals surface area contributed by atoms with Crippen LogP contribution in [-0.2, 0) is 4.74 Å². The lowest BCUT2D eigenvalue weighted by Gasteiger charge is -2.35. The predicted octanol–water partition coefficient (Wildman–Crippen LogP) is 1.04. The van der Waals surface area contributed by atoms with Crippen molar-refractivity contribution in [3.05, 3.63) is 5.56 Å². The molecule has 0 amide bonds. The van der Waals surface area contributed by atoms with Crippen LogP contribution in [0.5, 0.6) is 0 Å². The Bertz CT molecular complexity index is 453. The van der Waals surface area contributed by atoms with Crippen LogP contribution in [0.1, 0.15) is 23.2 Å². The molecule has 0 radical (unpaired) electrons. The monoisotopic (exact) mass is 284 g/mol. The molecule has 0 aliphatic carbocycles. The van der Waals surface area contributed by atoms with Crippen molar-refractivity contribution in [2.45, 2.75) is 18.9 Å². The Morgan fingerprint density at radius 3 is 2.63 bits per heavy atom. The number of carbonyl (C=O) groups is 1. The number of hydrogen-bond donors (Lipinski definition) is 1. The van der Waals surface area contributed by atoms with Crippen molar-refractivity contribution < 1.29 is 9.53 Å². The molecule has 0 spiro atoms. The Balaban J connectivity index is 2.14. The van der Waals surface area contributed by atoms with E-state index in [0.29, 0.717) is 11.6 Å². The second-order valence-electron chi connectivity index (χ2n) is 4.92. The summed E-state index contributed by atoms with van der Waals surface area (Å²) < 4.78 is 8.86. The summed E-state index contributed by atoms with van der Waals surface area (Å²) in [6.45, 7) is 1.82. The highest BCUT2D eigenvalue weighted by Gasteiger charge is 2.28. The topological polar surface area (TPSA) is 71.7 Å². The zero-order valence-corrected chi connectivity index (χ0v) is 12.4. The van der Waals surface area contributed by atoms with Gasteiger partial charge in [-0.1, -0.05) is 0 Å². The van der Waals surface area contributed by atoms with Crippen molar-refractivity contribution >= 4 is 28.3 Å². The van der Waals surface area contributed by atoms with Crippen LogP contribution in [0.4, 0.5) is 10.8 Å². The fourth-order valence-corrected chi connectivity index (χ4v) is 3.24. The first kappa shape index (κ1) is 14.1. The molecule has 2 heterocycles. The molecule has 0 saturated carbocycles. The largest absolute Gasteiger partial charge is 0.465 e. The number of ether oxygens (including phenoxy) is 1. The van der Waals surface area contributed by atoms with E-state index in [0.717, 1.165) is 30.9 Å². The standard InChI is InChI=1S/C12H20N4O2S/c1-15(2)8-4-6-16(7-5-8)11-9(12(17)18-3)10(13)14-19-11/h8H,4-7H2,1-3H3,(H2,13,14). The molecule has 1 aliphatic heterocycles. The number of carbonyl (C=O) groups excluding carboxylic acids is 1. The van der Waals surface area contributed by atoms with E-state index in [4.69, 9.17) is 10.5 Å². The highest BCUT2D eigenvalue weighted by Crippen LogP contribution is 2.33. The summed E-state index contributed by atoms with van der Waals surface area (Å²) in [7, 11) is 5.57. The number of piperidine rings is 1. The van der Waals surface area contributed by atoms with Gasteiger partial charge >= 0.3 is 5.97 Å². The number of methoxy groups -OCH3 is 1. The van der Waals surface area contributed by atoms with Gasteiger partial charge in [0.2, 0.25) is 0 Å². The van der Waals surface area contributed by atoms with E-state index in [1.165, 1.54) is 18.6 Å². The van der Waals surface area contributed by atoms with Crippen molar-refractivity contribution in [2.24, 2.45) is 0 Å². The molecule has 1 aromatic rings. The molecule has 6 nitrogen and oxygen atoms in total. The molecule has 0 bridgehead atoms. The quantitative estimate of drug-likeness (QED) is 0.836. The number of aromatic nitrogens is 1. The van der Waals surface area contributed by atoms with E-state index in [1.807, 2.05) is 0 Å².